The summed E-state index contributed by atoms with van der Waals surface area (Å²) in [5.41, 5.74) is 4.15. The number of amides is 1. The van der Waals surface area contributed by atoms with E-state index >= 15 is 0 Å². The highest BCUT2D eigenvalue weighted by molar-refractivity contribution is 6.03. The van der Waals surface area contributed by atoms with Gasteiger partial charge in [-0.15, -0.1) is 18.3 Å². The van der Waals surface area contributed by atoms with Gasteiger partial charge in [-0.25, -0.2) is 0 Å². The van der Waals surface area contributed by atoms with Crippen molar-refractivity contribution in [2.45, 2.75) is 65.3 Å². The van der Waals surface area contributed by atoms with Gasteiger partial charge in [-0.1, -0.05) is 38.0 Å². The Morgan fingerprint density at radius 3 is 2.29 bits per heavy atom. The maximum Gasteiger partial charge on any atom is 0.573 e. The van der Waals surface area contributed by atoms with Crippen LogP contribution >= 0.6 is 0 Å². The molecule has 1 saturated carbocycles. The van der Waals surface area contributed by atoms with E-state index in [1.54, 1.807) is 24.3 Å². The first kappa shape index (κ1) is 28.3. The third-order valence-corrected chi connectivity index (χ3v) is 7.68. The number of alkyl halides is 3. The van der Waals surface area contributed by atoms with Crippen LogP contribution in [-0.4, -0.2) is 42.7 Å². The molecule has 1 aliphatic rings. The Balaban J connectivity index is 1.37. The Labute approximate surface area is 235 Å². The van der Waals surface area contributed by atoms with Gasteiger partial charge in [0.15, 0.2) is 0 Å². The summed E-state index contributed by atoms with van der Waals surface area (Å²) in [6.45, 7) is 7.35. The molecule has 1 amide bonds. The predicted molar refractivity (Wildman–Crippen MR) is 146 cm³/mol. The number of carbonyl (C=O) groups excluding carboxylic acids is 1. The molecule has 0 spiro atoms. The van der Waals surface area contributed by atoms with E-state index in [0.29, 0.717) is 35.2 Å². The minimum Gasteiger partial charge on any atom is -0.406 e. The van der Waals surface area contributed by atoms with Crippen molar-refractivity contribution in [1.29, 1.82) is 0 Å². The molecule has 0 saturated heterocycles. The van der Waals surface area contributed by atoms with E-state index in [9.17, 15) is 18.0 Å². The lowest BCUT2D eigenvalue weighted by atomic mass is 9.69. The molecular weight excluding hydrogens is 535 g/mol. The predicted octanol–water partition coefficient (Wildman–Crippen LogP) is 6.58. The lowest BCUT2D eigenvalue weighted by molar-refractivity contribution is -0.274. The van der Waals surface area contributed by atoms with Crippen LogP contribution in [0.25, 0.3) is 11.3 Å². The molecule has 1 fully saturated rings. The van der Waals surface area contributed by atoms with Crippen molar-refractivity contribution in [2.24, 2.45) is 11.3 Å². The monoisotopic (exact) mass is 567 g/mol. The van der Waals surface area contributed by atoms with Crippen LogP contribution in [-0.2, 0) is 6.54 Å². The number of nitrogens with zero attached hydrogens (tertiary/aromatic N) is 5. The average molecular weight is 568 g/mol. The Hall–Kier alpha value is -4.22. The fraction of sp³-hybridized carbons (Fsp3) is 0.414. The second kappa shape index (κ2) is 11.3. The van der Waals surface area contributed by atoms with Crippen LogP contribution < -0.4 is 10.1 Å². The number of halogens is 3. The SMILES string of the molecule is CC(C)(C)C1CCC(c2cc(-c3ccc(OC(F)(F)F)cc3)nn2Cc2ccc(C(=O)Nc3nn[nH]n3)cc2)CC1. The molecule has 0 radical (unpaired) electrons. The van der Waals surface area contributed by atoms with Crippen LogP contribution in [0.1, 0.15) is 74.0 Å². The first-order valence-electron chi connectivity index (χ1n) is 13.5. The zero-order valence-corrected chi connectivity index (χ0v) is 23.1. The Bertz CT molecular complexity index is 1450. The largest absolute Gasteiger partial charge is 0.573 e. The van der Waals surface area contributed by atoms with Crippen LogP contribution in [0.2, 0.25) is 0 Å². The van der Waals surface area contributed by atoms with E-state index in [2.05, 4.69) is 57.5 Å². The third kappa shape index (κ3) is 7.11. The lowest BCUT2D eigenvalue weighted by Crippen LogP contribution is -2.26. The van der Waals surface area contributed by atoms with Gasteiger partial charge in [-0.3, -0.25) is 14.8 Å². The molecule has 0 unspecified atom stereocenters. The minimum atomic E-state index is -4.74. The summed E-state index contributed by atoms with van der Waals surface area (Å²) in [6, 6.07) is 15.0. The number of aromatic nitrogens is 6. The minimum absolute atomic E-state index is 0.0898. The number of H-pyrrole nitrogens is 1. The van der Waals surface area contributed by atoms with Crippen LogP contribution in [0, 0.1) is 11.3 Å². The normalized spacial score (nSPS) is 17.8. The first-order valence-corrected chi connectivity index (χ1v) is 13.5. The lowest BCUT2D eigenvalue weighted by Gasteiger charge is -2.37. The summed E-state index contributed by atoms with van der Waals surface area (Å²) < 4.78 is 43.9. The number of carbonyl (C=O) groups is 1. The molecule has 2 aromatic heterocycles. The van der Waals surface area contributed by atoms with Gasteiger partial charge >= 0.3 is 6.36 Å². The highest BCUT2D eigenvalue weighted by Crippen LogP contribution is 2.44. The highest BCUT2D eigenvalue weighted by atomic mass is 19.4. The van der Waals surface area contributed by atoms with Crippen molar-refractivity contribution >= 4 is 11.9 Å². The molecule has 2 aromatic carbocycles. The summed E-state index contributed by atoms with van der Waals surface area (Å²) in [4.78, 5) is 12.5. The molecule has 4 aromatic rings. The summed E-state index contributed by atoms with van der Waals surface area (Å²) >= 11 is 0. The van der Waals surface area contributed by atoms with Crippen LogP contribution in [0.5, 0.6) is 5.75 Å². The van der Waals surface area contributed by atoms with E-state index in [1.165, 1.54) is 12.1 Å². The van der Waals surface area contributed by atoms with Crippen molar-refractivity contribution in [3.05, 3.63) is 71.4 Å². The molecule has 9 nitrogen and oxygen atoms in total. The van der Waals surface area contributed by atoms with Crippen LogP contribution in [0.4, 0.5) is 19.1 Å². The highest BCUT2D eigenvalue weighted by Gasteiger charge is 2.32. The smallest absolute Gasteiger partial charge is 0.406 e. The second-order valence-corrected chi connectivity index (χ2v) is 11.5. The topological polar surface area (TPSA) is 111 Å². The van der Waals surface area contributed by atoms with E-state index < -0.39 is 6.36 Å². The third-order valence-electron chi connectivity index (χ3n) is 7.68. The van der Waals surface area contributed by atoms with Crippen LogP contribution in [0.15, 0.2) is 54.6 Å². The Kier molecular flexibility index (Phi) is 7.83. The zero-order valence-electron chi connectivity index (χ0n) is 23.1. The summed E-state index contributed by atoms with van der Waals surface area (Å²) in [6.07, 6.45) is -0.405. The summed E-state index contributed by atoms with van der Waals surface area (Å²) in [5, 5.41) is 20.6. The van der Waals surface area contributed by atoms with Crippen molar-refractivity contribution in [1.82, 2.24) is 30.4 Å². The maximum atomic E-state index is 12.6. The summed E-state index contributed by atoms with van der Waals surface area (Å²) in [5.74, 6) is 0.440. The van der Waals surface area contributed by atoms with Gasteiger partial charge in [0, 0.05) is 22.7 Å². The molecule has 5 rings (SSSR count). The standard InChI is InChI=1S/C29H32F3N7O2/c1-28(2,3)22-12-8-20(9-13-22)25-16-24(19-10-14-23(15-11-19)41-29(30,31)32)36-39(25)17-18-4-6-21(7-5-18)26(40)33-27-34-37-38-35-27/h4-7,10-11,14-16,20,22H,8-9,12-13,17H2,1-3H3,(H2,33,34,35,37,38,40). The summed E-state index contributed by atoms with van der Waals surface area (Å²) in [7, 11) is 0. The van der Waals surface area contributed by atoms with Gasteiger partial charge in [-0.05, 0) is 90.3 Å². The number of anilines is 1. The quantitative estimate of drug-likeness (QED) is 0.261. The van der Waals surface area contributed by atoms with E-state index in [0.717, 1.165) is 36.9 Å². The van der Waals surface area contributed by atoms with E-state index in [-0.39, 0.29) is 23.0 Å². The maximum absolute atomic E-state index is 12.6. The van der Waals surface area contributed by atoms with Gasteiger partial charge in [0.05, 0.1) is 12.2 Å². The molecule has 41 heavy (non-hydrogen) atoms. The number of hydrogen-bond donors (Lipinski definition) is 2. The first-order chi connectivity index (χ1) is 19.4. The van der Waals surface area contributed by atoms with Gasteiger partial charge in [0.1, 0.15) is 5.75 Å². The van der Waals surface area contributed by atoms with E-state index in [4.69, 9.17) is 5.10 Å². The molecule has 0 bridgehead atoms. The molecule has 1 aliphatic carbocycles. The van der Waals surface area contributed by atoms with Gasteiger partial charge in [0.25, 0.3) is 11.9 Å². The van der Waals surface area contributed by atoms with Crippen LogP contribution in [0.3, 0.4) is 0 Å². The van der Waals surface area contributed by atoms with E-state index in [1.807, 2.05) is 16.8 Å². The Morgan fingerprint density at radius 1 is 1.02 bits per heavy atom. The molecule has 216 valence electrons. The van der Waals surface area contributed by atoms with Crippen molar-refractivity contribution < 1.29 is 22.7 Å². The van der Waals surface area contributed by atoms with Crippen molar-refractivity contribution in [3.63, 3.8) is 0 Å². The fourth-order valence-corrected chi connectivity index (χ4v) is 5.43. The van der Waals surface area contributed by atoms with Gasteiger partial charge < -0.3 is 4.74 Å². The number of benzene rings is 2. The van der Waals surface area contributed by atoms with Crippen molar-refractivity contribution in [2.75, 3.05) is 5.32 Å². The number of hydrogen-bond acceptors (Lipinski definition) is 6. The van der Waals surface area contributed by atoms with Gasteiger partial charge in [0.2, 0.25) is 0 Å². The van der Waals surface area contributed by atoms with Gasteiger partial charge in [-0.2, -0.15) is 10.3 Å². The second-order valence-electron chi connectivity index (χ2n) is 11.5. The number of tetrazole rings is 1. The molecule has 12 heteroatoms. The number of nitrogens with one attached hydrogen (secondary N) is 2. The molecular formula is C29H32F3N7O2. The molecule has 2 heterocycles. The number of rotatable bonds is 7. The number of aromatic amines is 1. The zero-order chi connectivity index (χ0) is 29.2. The fourth-order valence-electron chi connectivity index (χ4n) is 5.43. The number of ether oxygens (including phenoxy) is 1. The molecule has 2 N–H and O–H groups in total. The molecule has 0 atom stereocenters. The van der Waals surface area contributed by atoms with Crippen molar-refractivity contribution in [3.8, 4) is 17.0 Å². The average Bonchev–Trinajstić information content (AvgIpc) is 3.58. The molecule has 0 aliphatic heterocycles. The Morgan fingerprint density at radius 2 is 1.71 bits per heavy atom.